The number of ether oxygens (including phenoxy) is 2. The Hall–Kier alpha value is -0.700. The minimum Gasteiger partial charge on any atom is -0.748 e. The van der Waals surface area contributed by atoms with E-state index < -0.39 is 27.9 Å². The van der Waals surface area contributed by atoms with Crippen LogP contribution in [0, 0.1) is 5.92 Å². The predicted octanol–water partition coefficient (Wildman–Crippen LogP) is -0.568. The van der Waals surface area contributed by atoms with Gasteiger partial charge in [0.1, 0.15) is 6.10 Å². The lowest BCUT2D eigenvalue weighted by molar-refractivity contribution is -0.153. The largest absolute Gasteiger partial charge is 0.748 e. The third-order valence-electron chi connectivity index (χ3n) is 2.71. The Morgan fingerprint density at radius 2 is 1.95 bits per heavy atom. The van der Waals surface area contributed by atoms with E-state index in [-0.39, 0.29) is 12.5 Å². The second kappa shape index (κ2) is 7.18. The maximum Gasteiger partial charge on any atom is 0.308 e. The van der Waals surface area contributed by atoms with Gasteiger partial charge in [-0.1, -0.05) is 13.8 Å². The molecule has 1 rings (SSSR count). The van der Waals surface area contributed by atoms with Crippen LogP contribution in [-0.2, 0) is 24.4 Å². The van der Waals surface area contributed by atoms with Crippen LogP contribution in [0.4, 0.5) is 0 Å². The summed E-state index contributed by atoms with van der Waals surface area (Å²) in [5, 5.41) is 0. The zero-order chi connectivity index (χ0) is 14.5. The van der Waals surface area contributed by atoms with E-state index in [0.717, 1.165) is 0 Å². The monoisotopic (exact) mass is 294 g/mol. The number of carbonyl (C=O) groups is 1. The molecule has 0 N–H and O–H groups in total. The van der Waals surface area contributed by atoms with Crippen molar-refractivity contribution in [2.24, 2.45) is 5.92 Å². The number of hydrogen-bond donors (Lipinski definition) is 0. The summed E-state index contributed by atoms with van der Waals surface area (Å²) in [6.07, 6.45) is -0.921. The van der Waals surface area contributed by atoms with Crippen molar-refractivity contribution in [1.29, 1.82) is 0 Å². The molecule has 0 amide bonds. The molecule has 0 radical (unpaired) electrons. The van der Waals surface area contributed by atoms with Gasteiger partial charge in [0.25, 0.3) is 0 Å². The van der Waals surface area contributed by atoms with Crippen LogP contribution in [-0.4, -0.2) is 68.5 Å². The first-order valence-corrected chi connectivity index (χ1v) is 7.80. The third kappa shape index (κ3) is 6.86. The smallest absolute Gasteiger partial charge is 0.308 e. The van der Waals surface area contributed by atoms with E-state index in [1.54, 1.807) is 13.8 Å². The van der Waals surface area contributed by atoms with Crippen LogP contribution < -0.4 is 0 Å². The normalized spacial score (nSPS) is 19.4. The minimum atomic E-state index is -4.43. The number of rotatable bonds is 6. The van der Waals surface area contributed by atoms with Gasteiger partial charge in [-0.05, 0) is 0 Å². The Balaban J connectivity index is 2.60. The molecule has 1 aliphatic rings. The van der Waals surface area contributed by atoms with Crippen LogP contribution in [0.2, 0.25) is 0 Å². The van der Waals surface area contributed by atoms with Gasteiger partial charge >= 0.3 is 5.97 Å². The molecule has 8 heteroatoms. The molecule has 0 spiro atoms. The summed E-state index contributed by atoms with van der Waals surface area (Å²) in [5.41, 5.74) is 0. The van der Waals surface area contributed by atoms with Gasteiger partial charge in [-0.25, -0.2) is 8.42 Å². The zero-order valence-corrected chi connectivity index (χ0v) is 12.0. The lowest BCUT2D eigenvalue weighted by atomic mass is 10.2. The molecule has 7 nitrogen and oxygen atoms in total. The summed E-state index contributed by atoms with van der Waals surface area (Å²) in [6, 6.07) is 0. The highest BCUT2D eigenvalue weighted by Gasteiger charge is 2.23. The van der Waals surface area contributed by atoms with E-state index in [4.69, 9.17) is 9.47 Å². The molecule has 1 saturated heterocycles. The molecule has 1 unspecified atom stereocenters. The average Bonchev–Trinajstić information content (AvgIpc) is 2.27. The van der Waals surface area contributed by atoms with E-state index in [1.807, 2.05) is 4.90 Å². The van der Waals surface area contributed by atoms with E-state index in [1.165, 1.54) is 0 Å². The maximum atomic E-state index is 11.5. The van der Waals surface area contributed by atoms with E-state index in [9.17, 15) is 17.8 Å². The van der Waals surface area contributed by atoms with Crippen molar-refractivity contribution in [1.82, 2.24) is 4.90 Å². The van der Waals surface area contributed by atoms with Crippen LogP contribution >= 0.6 is 0 Å². The molecule has 0 aromatic heterocycles. The Bertz CT molecular complexity index is 388. The van der Waals surface area contributed by atoms with E-state index in [2.05, 4.69) is 0 Å². The van der Waals surface area contributed by atoms with E-state index >= 15 is 0 Å². The van der Waals surface area contributed by atoms with Gasteiger partial charge in [0.15, 0.2) is 0 Å². The van der Waals surface area contributed by atoms with Crippen LogP contribution in [0.25, 0.3) is 0 Å². The molecule has 1 fully saturated rings. The SMILES string of the molecule is CC(C)C(=O)OC(CN1CCOCC1)CS(=O)(=O)[O-]. The van der Waals surface area contributed by atoms with Gasteiger partial charge in [0.2, 0.25) is 0 Å². The van der Waals surface area contributed by atoms with Gasteiger partial charge in [-0.3, -0.25) is 9.69 Å². The number of morpholine rings is 1. The first-order chi connectivity index (χ1) is 8.78. The molecule has 1 atom stereocenters. The van der Waals surface area contributed by atoms with Crippen molar-refractivity contribution in [3.05, 3.63) is 0 Å². The summed E-state index contributed by atoms with van der Waals surface area (Å²) < 4.78 is 42.8. The van der Waals surface area contributed by atoms with Gasteiger partial charge in [0, 0.05) is 19.6 Å². The molecule has 0 aromatic carbocycles. The summed E-state index contributed by atoms with van der Waals surface area (Å²) in [7, 11) is -4.43. The second-order valence-corrected chi connectivity index (χ2v) is 6.30. The topological polar surface area (TPSA) is 96.0 Å². The first kappa shape index (κ1) is 16.4. The van der Waals surface area contributed by atoms with Gasteiger partial charge in [-0.2, -0.15) is 0 Å². The highest BCUT2D eigenvalue weighted by atomic mass is 32.2. The number of carbonyl (C=O) groups excluding carboxylic acids is 1. The average molecular weight is 294 g/mol. The molecule has 0 aromatic rings. The summed E-state index contributed by atoms with van der Waals surface area (Å²) in [6.45, 7) is 5.91. The van der Waals surface area contributed by atoms with Gasteiger partial charge < -0.3 is 14.0 Å². The lowest BCUT2D eigenvalue weighted by Crippen LogP contribution is -2.44. The molecule has 0 bridgehead atoms. The van der Waals surface area contributed by atoms with Crippen molar-refractivity contribution >= 4 is 16.1 Å². The first-order valence-electron chi connectivity index (χ1n) is 6.22. The Kier molecular flexibility index (Phi) is 6.18. The van der Waals surface area contributed by atoms with Crippen LogP contribution in [0.3, 0.4) is 0 Å². The van der Waals surface area contributed by atoms with Crippen LogP contribution in [0.1, 0.15) is 13.8 Å². The van der Waals surface area contributed by atoms with Crippen molar-refractivity contribution in [2.75, 3.05) is 38.6 Å². The molecule has 0 aliphatic carbocycles. The molecular formula is C11H20NO6S-. The van der Waals surface area contributed by atoms with Crippen molar-refractivity contribution in [2.45, 2.75) is 20.0 Å². The maximum absolute atomic E-state index is 11.5. The Morgan fingerprint density at radius 1 is 1.37 bits per heavy atom. The Morgan fingerprint density at radius 3 is 2.42 bits per heavy atom. The Labute approximate surface area is 113 Å². The predicted molar refractivity (Wildman–Crippen MR) is 66.5 cm³/mol. The highest BCUT2D eigenvalue weighted by Crippen LogP contribution is 2.07. The minimum absolute atomic E-state index is 0.239. The molecule has 1 aliphatic heterocycles. The lowest BCUT2D eigenvalue weighted by Gasteiger charge is -2.30. The quantitative estimate of drug-likeness (QED) is 0.478. The fourth-order valence-electron chi connectivity index (χ4n) is 1.72. The standard InChI is InChI=1S/C11H21NO6S/c1-9(2)11(13)18-10(8-19(14,15)16)7-12-3-5-17-6-4-12/h9-10H,3-8H2,1-2H3,(H,14,15,16)/p-1. The number of nitrogens with zero attached hydrogens (tertiary/aromatic N) is 1. The third-order valence-corrected chi connectivity index (χ3v) is 3.49. The summed E-state index contributed by atoms with van der Waals surface area (Å²) in [5.74, 6) is -1.55. The fourth-order valence-corrected chi connectivity index (χ4v) is 2.35. The highest BCUT2D eigenvalue weighted by molar-refractivity contribution is 7.85. The van der Waals surface area contributed by atoms with E-state index in [0.29, 0.717) is 26.3 Å². The molecule has 0 saturated carbocycles. The molecular weight excluding hydrogens is 274 g/mol. The van der Waals surface area contributed by atoms with Gasteiger partial charge in [-0.15, -0.1) is 0 Å². The van der Waals surface area contributed by atoms with Crippen molar-refractivity contribution < 1.29 is 27.2 Å². The summed E-state index contributed by atoms with van der Waals surface area (Å²) in [4.78, 5) is 13.4. The fraction of sp³-hybridized carbons (Fsp3) is 0.909. The number of esters is 1. The molecule has 1 heterocycles. The summed E-state index contributed by atoms with van der Waals surface area (Å²) >= 11 is 0. The van der Waals surface area contributed by atoms with Crippen LogP contribution in [0.15, 0.2) is 0 Å². The van der Waals surface area contributed by atoms with Crippen LogP contribution in [0.5, 0.6) is 0 Å². The van der Waals surface area contributed by atoms with Crippen molar-refractivity contribution in [3.63, 3.8) is 0 Å². The molecule has 112 valence electrons. The molecule has 19 heavy (non-hydrogen) atoms. The van der Waals surface area contributed by atoms with Crippen molar-refractivity contribution in [3.8, 4) is 0 Å². The number of hydrogen-bond acceptors (Lipinski definition) is 7. The zero-order valence-electron chi connectivity index (χ0n) is 11.2. The van der Waals surface area contributed by atoms with Gasteiger partial charge in [0.05, 0.1) is 35.0 Å². The second-order valence-electron chi connectivity index (χ2n) is 4.85.